The van der Waals surface area contributed by atoms with E-state index in [1.165, 1.54) is 6.08 Å². The van der Waals surface area contributed by atoms with E-state index in [4.69, 9.17) is 14.7 Å². The Kier molecular flexibility index (Phi) is 7.56. The number of carbonyl (C=O) groups is 1. The quantitative estimate of drug-likeness (QED) is 0.366. The van der Waals surface area contributed by atoms with E-state index >= 15 is 0 Å². The van der Waals surface area contributed by atoms with Crippen LogP contribution in [0.25, 0.3) is 6.08 Å². The average molecular weight is 441 g/mol. The second kappa shape index (κ2) is 10.7. The lowest BCUT2D eigenvalue weighted by molar-refractivity contribution is -0.137. The number of hydrogen-bond acceptors (Lipinski definition) is 8. The SMILES string of the molecule is CCOC(=O)/C(C#N)=C/c1cc(C)c(Oc2ccnc(NC3=CC=C(C#N)CC3)n2)c(C)c1. The first-order valence-corrected chi connectivity index (χ1v) is 10.4. The van der Waals surface area contributed by atoms with Gasteiger partial charge >= 0.3 is 5.97 Å². The second-order valence-electron chi connectivity index (χ2n) is 7.32. The van der Waals surface area contributed by atoms with Gasteiger partial charge in [-0.15, -0.1) is 0 Å². The van der Waals surface area contributed by atoms with Gasteiger partial charge < -0.3 is 14.8 Å². The maximum Gasteiger partial charge on any atom is 0.348 e. The summed E-state index contributed by atoms with van der Waals surface area (Å²) in [6.45, 7) is 5.65. The molecule has 0 fully saturated rings. The first-order chi connectivity index (χ1) is 15.9. The molecule has 0 saturated heterocycles. The van der Waals surface area contributed by atoms with Crippen LogP contribution in [0, 0.1) is 36.5 Å². The van der Waals surface area contributed by atoms with Crippen LogP contribution < -0.4 is 10.1 Å². The smallest absolute Gasteiger partial charge is 0.348 e. The van der Waals surface area contributed by atoms with E-state index in [1.807, 2.05) is 38.1 Å². The van der Waals surface area contributed by atoms with Crippen LogP contribution in [0.5, 0.6) is 11.6 Å². The molecule has 8 heteroatoms. The van der Waals surface area contributed by atoms with E-state index < -0.39 is 5.97 Å². The number of esters is 1. The number of nitrogens with zero attached hydrogens (tertiary/aromatic N) is 4. The summed E-state index contributed by atoms with van der Waals surface area (Å²) in [6.07, 6.45) is 8.12. The average Bonchev–Trinajstić information content (AvgIpc) is 2.81. The van der Waals surface area contributed by atoms with E-state index in [0.29, 0.717) is 36.0 Å². The number of carbonyl (C=O) groups excluding carboxylic acids is 1. The molecule has 0 unspecified atom stereocenters. The van der Waals surface area contributed by atoms with E-state index in [9.17, 15) is 10.1 Å². The predicted molar refractivity (Wildman–Crippen MR) is 123 cm³/mol. The fraction of sp³-hybridized carbons (Fsp3) is 0.240. The van der Waals surface area contributed by atoms with Gasteiger partial charge in [0, 0.05) is 23.5 Å². The van der Waals surface area contributed by atoms with E-state index in [2.05, 4.69) is 21.4 Å². The molecule has 1 aliphatic rings. The van der Waals surface area contributed by atoms with Crippen molar-refractivity contribution in [1.82, 2.24) is 9.97 Å². The number of allylic oxidation sites excluding steroid dienone is 4. The van der Waals surface area contributed by atoms with Gasteiger partial charge in [0.2, 0.25) is 11.8 Å². The minimum Gasteiger partial charge on any atom is -0.462 e. The largest absolute Gasteiger partial charge is 0.462 e. The van der Waals surface area contributed by atoms with E-state index in [0.717, 1.165) is 22.4 Å². The molecule has 1 heterocycles. The fourth-order valence-electron chi connectivity index (χ4n) is 3.28. The van der Waals surface area contributed by atoms with Crippen molar-refractivity contribution in [2.75, 3.05) is 11.9 Å². The van der Waals surface area contributed by atoms with Crippen LogP contribution in [-0.2, 0) is 9.53 Å². The van der Waals surface area contributed by atoms with Crippen molar-refractivity contribution in [2.24, 2.45) is 0 Å². The van der Waals surface area contributed by atoms with Gasteiger partial charge in [-0.05, 0) is 80.7 Å². The zero-order chi connectivity index (χ0) is 23.8. The topological polar surface area (TPSA) is 121 Å². The summed E-state index contributed by atoms with van der Waals surface area (Å²) < 4.78 is 10.9. The molecular formula is C25H23N5O3. The van der Waals surface area contributed by atoms with Crippen LogP contribution in [0.15, 0.2) is 53.4 Å². The second-order valence-corrected chi connectivity index (χ2v) is 7.32. The van der Waals surface area contributed by atoms with Gasteiger partial charge in [0.15, 0.2) is 0 Å². The number of anilines is 1. The lowest BCUT2D eigenvalue weighted by Crippen LogP contribution is -2.06. The molecule has 0 radical (unpaired) electrons. The van der Waals surface area contributed by atoms with Gasteiger partial charge in [0.25, 0.3) is 0 Å². The molecule has 33 heavy (non-hydrogen) atoms. The summed E-state index contributed by atoms with van der Waals surface area (Å²) >= 11 is 0. The fourth-order valence-corrected chi connectivity index (χ4v) is 3.28. The molecule has 0 saturated carbocycles. The number of nitrogens with one attached hydrogen (secondary N) is 1. The molecule has 0 amide bonds. The standard InChI is InChI=1S/C25H23N5O3/c1-4-32-24(31)20(15-27)13-19-11-16(2)23(17(3)12-19)33-22-9-10-28-25(30-22)29-21-7-5-18(14-26)6-8-21/h5,7,9-13H,4,6,8H2,1-3H3,(H,28,29,30)/b20-13+. The summed E-state index contributed by atoms with van der Waals surface area (Å²) in [5.41, 5.74) is 3.93. The number of aryl methyl sites for hydroxylation is 2. The highest BCUT2D eigenvalue weighted by atomic mass is 16.5. The zero-order valence-corrected chi connectivity index (χ0v) is 18.7. The normalized spacial score (nSPS) is 13.2. The summed E-state index contributed by atoms with van der Waals surface area (Å²) in [6, 6.07) is 9.35. The van der Waals surface area contributed by atoms with E-state index in [-0.39, 0.29) is 12.2 Å². The number of hydrogen-bond donors (Lipinski definition) is 1. The molecule has 0 atom stereocenters. The summed E-state index contributed by atoms with van der Waals surface area (Å²) in [5.74, 6) is 0.750. The Hall–Kier alpha value is -4.43. The Morgan fingerprint density at radius 2 is 1.97 bits per heavy atom. The highest BCUT2D eigenvalue weighted by molar-refractivity contribution is 5.97. The van der Waals surface area contributed by atoms with Crippen molar-refractivity contribution in [3.8, 4) is 23.8 Å². The molecule has 0 aliphatic heterocycles. The molecule has 0 bridgehead atoms. The molecule has 8 nitrogen and oxygen atoms in total. The van der Waals surface area contributed by atoms with Crippen molar-refractivity contribution in [3.05, 3.63) is 70.1 Å². The third-order valence-electron chi connectivity index (χ3n) is 4.81. The Bertz CT molecular complexity index is 1220. The molecule has 1 aromatic heterocycles. The molecule has 1 aromatic carbocycles. The minimum atomic E-state index is -0.649. The third-order valence-corrected chi connectivity index (χ3v) is 4.81. The van der Waals surface area contributed by atoms with E-state index in [1.54, 1.807) is 25.3 Å². The molecular weight excluding hydrogens is 418 g/mol. The lowest BCUT2D eigenvalue weighted by atomic mass is 10.0. The first-order valence-electron chi connectivity index (χ1n) is 10.4. The Labute approximate surface area is 192 Å². The molecule has 0 spiro atoms. The van der Waals surface area contributed by atoms with Crippen molar-refractivity contribution < 1.29 is 14.3 Å². The van der Waals surface area contributed by atoms with Gasteiger partial charge in [-0.25, -0.2) is 9.78 Å². The van der Waals surface area contributed by atoms with Crippen LogP contribution in [0.1, 0.15) is 36.5 Å². The molecule has 1 aliphatic carbocycles. The minimum absolute atomic E-state index is 0.0652. The van der Waals surface area contributed by atoms with Crippen LogP contribution >= 0.6 is 0 Å². The highest BCUT2D eigenvalue weighted by Gasteiger charge is 2.13. The van der Waals surface area contributed by atoms with Crippen LogP contribution in [0.2, 0.25) is 0 Å². The highest BCUT2D eigenvalue weighted by Crippen LogP contribution is 2.30. The number of aromatic nitrogens is 2. The number of ether oxygens (including phenoxy) is 2. The molecule has 1 N–H and O–H groups in total. The van der Waals surface area contributed by atoms with Crippen LogP contribution in [0.3, 0.4) is 0 Å². The molecule has 3 rings (SSSR count). The number of rotatable bonds is 7. The zero-order valence-electron chi connectivity index (χ0n) is 18.7. The van der Waals surface area contributed by atoms with Crippen LogP contribution in [-0.4, -0.2) is 22.5 Å². The maximum absolute atomic E-state index is 11.9. The van der Waals surface area contributed by atoms with Crippen LogP contribution in [0.4, 0.5) is 5.95 Å². The molecule has 166 valence electrons. The van der Waals surface area contributed by atoms with Gasteiger partial charge in [-0.1, -0.05) is 0 Å². The van der Waals surface area contributed by atoms with Crippen molar-refractivity contribution >= 4 is 18.0 Å². The molecule has 2 aromatic rings. The van der Waals surface area contributed by atoms with Crippen molar-refractivity contribution in [3.63, 3.8) is 0 Å². The number of benzene rings is 1. The summed E-state index contributed by atoms with van der Waals surface area (Å²) in [4.78, 5) is 20.5. The predicted octanol–water partition coefficient (Wildman–Crippen LogP) is 4.90. The third kappa shape index (κ3) is 6.05. The number of nitriles is 2. The Balaban J connectivity index is 1.79. The summed E-state index contributed by atoms with van der Waals surface area (Å²) in [5, 5.41) is 21.4. The van der Waals surface area contributed by atoms with Gasteiger partial charge in [-0.3, -0.25) is 0 Å². The monoisotopic (exact) mass is 441 g/mol. The van der Waals surface area contributed by atoms with Gasteiger partial charge in [0.1, 0.15) is 17.4 Å². The van der Waals surface area contributed by atoms with Gasteiger partial charge in [0.05, 0.1) is 12.7 Å². The van der Waals surface area contributed by atoms with Crippen molar-refractivity contribution in [2.45, 2.75) is 33.6 Å². The Morgan fingerprint density at radius 1 is 1.21 bits per heavy atom. The first kappa shape index (κ1) is 23.2. The Morgan fingerprint density at radius 3 is 2.58 bits per heavy atom. The lowest BCUT2D eigenvalue weighted by Gasteiger charge is -2.14. The summed E-state index contributed by atoms with van der Waals surface area (Å²) in [7, 11) is 0. The van der Waals surface area contributed by atoms with Gasteiger partial charge in [-0.2, -0.15) is 15.5 Å². The van der Waals surface area contributed by atoms with Crippen molar-refractivity contribution in [1.29, 1.82) is 10.5 Å². The maximum atomic E-state index is 11.9.